The van der Waals surface area contributed by atoms with Crippen molar-refractivity contribution in [1.29, 1.82) is 0 Å². The van der Waals surface area contributed by atoms with Gasteiger partial charge in [0.1, 0.15) is 11.6 Å². The van der Waals surface area contributed by atoms with Crippen molar-refractivity contribution in [2.75, 3.05) is 18.5 Å². The van der Waals surface area contributed by atoms with Gasteiger partial charge in [0.25, 0.3) is 0 Å². The van der Waals surface area contributed by atoms with E-state index in [9.17, 15) is 4.79 Å². The van der Waals surface area contributed by atoms with Crippen LogP contribution in [0.2, 0.25) is 0 Å². The summed E-state index contributed by atoms with van der Waals surface area (Å²) in [6, 6.07) is 0. The Bertz CT molecular complexity index is 356. The lowest BCUT2D eigenvalue weighted by Crippen LogP contribution is -2.18. The number of aromatic amines is 1. The number of nitrogens with zero attached hydrogens (tertiary/aromatic N) is 1. The van der Waals surface area contributed by atoms with Crippen LogP contribution in [0.5, 0.6) is 0 Å². The number of hydrogen-bond acceptors (Lipinski definition) is 3. The van der Waals surface area contributed by atoms with Gasteiger partial charge in [0, 0.05) is 26.6 Å². The lowest BCUT2D eigenvalue weighted by atomic mass is 9.96. The van der Waals surface area contributed by atoms with Crippen LogP contribution in [0.25, 0.3) is 0 Å². The van der Waals surface area contributed by atoms with Gasteiger partial charge in [-0.15, -0.1) is 0 Å². The van der Waals surface area contributed by atoms with Gasteiger partial charge in [-0.3, -0.25) is 4.79 Å². The first-order valence-electron chi connectivity index (χ1n) is 5.63. The largest absolute Gasteiger partial charge is 0.381 e. The maximum Gasteiger partial charge on any atom is 0.222 e. The molecule has 0 radical (unpaired) electrons. The number of rotatable bonds is 3. The van der Waals surface area contributed by atoms with Crippen LogP contribution in [-0.4, -0.2) is 29.1 Å². The second-order valence-corrected chi connectivity index (χ2v) is 4.18. The third-order valence-corrected chi connectivity index (χ3v) is 2.76. The summed E-state index contributed by atoms with van der Waals surface area (Å²) in [6.07, 6.45) is 4.78. The first-order chi connectivity index (χ1) is 7.74. The van der Waals surface area contributed by atoms with Gasteiger partial charge in [0.05, 0.1) is 6.20 Å². The molecule has 1 fully saturated rings. The molecule has 5 heteroatoms. The maximum absolute atomic E-state index is 10.8. The van der Waals surface area contributed by atoms with Crippen LogP contribution in [0.3, 0.4) is 0 Å². The highest BCUT2D eigenvalue weighted by atomic mass is 16.5. The minimum atomic E-state index is -0.0822. The van der Waals surface area contributed by atoms with Crippen molar-refractivity contribution in [1.82, 2.24) is 9.97 Å². The van der Waals surface area contributed by atoms with Gasteiger partial charge in [-0.25, -0.2) is 4.98 Å². The molecule has 1 aromatic heterocycles. The second-order valence-electron chi connectivity index (χ2n) is 4.18. The molecule has 0 unspecified atom stereocenters. The van der Waals surface area contributed by atoms with Crippen LogP contribution >= 0.6 is 0 Å². The Morgan fingerprint density at radius 3 is 3.06 bits per heavy atom. The summed E-state index contributed by atoms with van der Waals surface area (Å²) in [5.74, 6) is 2.18. The SMILES string of the molecule is CC(=O)Nc1cnc(CC2CCOCC2)[nH]1. The number of hydrogen-bond donors (Lipinski definition) is 2. The number of aromatic nitrogens is 2. The van der Waals surface area contributed by atoms with E-state index < -0.39 is 0 Å². The highest BCUT2D eigenvalue weighted by Gasteiger charge is 2.15. The summed E-state index contributed by atoms with van der Waals surface area (Å²) in [5, 5.41) is 2.68. The van der Waals surface area contributed by atoms with Gasteiger partial charge in [-0.05, 0) is 18.8 Å². The third-order valence-electron chi connectivity index (χ3n) is 2.76. The number of carbonyl (C=O) groups is 1. The number of H-pyrrole nitrogens is 1. The van der Waals surface area contributed by atoms with Gasteiger partial charge in [-0.1, -0.05) is 0 Å². The Hall–Kier alpha value is -1.36. The monoisotopic (exact) mass is 223 g/mol. The van der Waals surface area contributed by atoms with E-state index in [4.69, 9.17) is 4.74 Å². The van der Waals surface area contributed by atoms with Gasteiger partial charge in [-0.2, -0.15) is 0 Å². The molecule has 1 amide bonds. The van der Waals surface area contributed by atoms with E-state index in [0.29, 0.717) is 11.7 Å². The number of imidazole rings is 1. The van der Waals surface area contributed by atoms with Gasteiger partial charge >= 0.3 is 0 Å². The average molecular weight is 223 g/mol. The van der Waals surface area contributed by atoms with Crippen LogP contribution in [0.1, 0.15) is 25.6 Å². The van der Waals surface area contributed by atoms with E-state index in [1.54, 1.807) is 6.20 Å². The Kier molecular flexibility index (Phi) is 3.56. The molecule has 5 nitrogen and oxygen atoms in total. The van der Waals surface area contributed by atoms with Crippen molar-refractivity contribution >= 4 is 11.7 Å². The molecule has 2 rings (SSSR count). The van der Waals surface area contributed by atoms with Crippen molar-refractivity contribution in [2.24, 2.45) is 5.92 Å². The van der Waals surface area contributed by atoms with E-state index in [1.807, 2.05) is 0 Å². The molecule has 0 aromatic carbocycles. The van der Waals surface area contributed by atoms with Crippen LogP contribution in [0.4, 0.5) is 5.82 Å². The molecule has 2 N–H and O–H groups in total. The molecule has 0 atom stereocenters. The fourth-order valence-electron chi connectivity index (χ4n) is 1.94. The molecule has 0 aliphatic carbocycles. The van der Waals surface area contributed by atoms with Crippen LogP contribution < -0.4 is 5.32 Å². The molecule has 1 saturated heterocycles. The molecule has 1 aliphatic heterocycles. The number of ether oxygens (including phenoxy) is 1. The molecule has 16 heavy (non-hydrogen) atoms. The molecular formula is C11H17N3O2. The quantitative estimate of drug-likeness (QED) is 0.812. The number of amides is 1. The first-order valence-corrected chi connectivity index (χ1v) is 5.63. The maximum atomic E-state index is 10.8. The lowest BCUT2D eigenvalue weighted by molar-refractivity contribution is -0.114. The van der Waals surface area contributed by atoms with Crippen LogP contribution in [0, 0.1) is 5.92 Å². The highest BCUT2D eigenvalue weighted by molar-refractivity contribution is 5.87. The zero-order valence-corrected chi connectivity index (χ0v) is 9.45. The van der Waals surface area contributed by atoms with Crippen LogP contribution in [0.15, 0.2) is 6.20 Å². The molecule has 0 spiro atoms. The summed E-state index contributed by atoms with van der Waals surface area (Å²) in [4.78, 5) is 18.2. The summed E-state index contributed by atoms with van der Waals surface area (Å²) in [5.41, 5.74) is 0. The van der Waals surface area contributed by atoms with Crippen molar-refractivity contribution in [2.45, 2.75) is 26.2 Å². The van der Waals surface area contributed by atoms with Crippen molar-refractivity contribution in [3.05, 3.63) is 12.0 Å². The van der Waals surface area contributed by atoms with E-state index >= 15 is 0 Å². The fourth-order valence-corrected chi connectivity index (χ4v) is 1.94. The third kappa shape index (κ3) is 3.06. The summed E-state index contributed by atoms with van der Waals surface area (Å²) < 4.78 is 5.31. The minimum Gasteiger partial charge on any atom is -0.381 e. The highest BCUT2D eigenvalue weighted by Crippen LogP contribution is 2.19. The van der Waals surface area contributed by atoms with Crippen LogP contribution in [-0.2, 0) is 16.0 Å². The number of carbonyl (C=O) groups excluding carboxylic acids is 1. The molecule has 88 valence electrons. The number of anilines is 1. The molecule has 0 bridgehead atoms. The Morgan fingerprint density at radius 1 is 1.62 bits per heavy atom. The minimum absolute atomic E-state index is 0.0822. The van der Waals surface area contributed by atoms with E-state index in [1.165, 1.54) is 6.92 Å². The lowest BCUT2D eigenvalue weighted by Gasteiger charge is -2.20. The first kappa shape index (κ1) is 11.1. The molecule has 1 aromatic rings. The molecule has 1 aliphatic rings. The van der Waals surface area contributed by atoms with Crippen molar-refractivity contribution < 1.29 is 9.53 Å². The smallest absolute Gasteiger partial charge is 0.222 e. The van der Waals surface area contributed by atoms with E-state index in [0.717, 1.165) is 38.3 Å². The van der Waals surface area contributed by atoms with Gasteiger partial charge < -0.3 is 15.0 Å². The van der Waals surface area contributed by atoms with Gasteiger partial charge in [0.15, 0.2) is 0 Å². The summed E-state index contributed by atoms with van der Waals surface area (Å²) >= 11 is 0. The zero-order chi connectivity index (χ0) is 11.4. The zero-order valence-electron chi connectivity index (χ0n) is 9.45. The van der Waals surface area contributed by atoms with E-state index in [-0.39, 0.29) is 5.91 Å². The second kappa shape index (κ2) is 5.12. The fraction of sp³-hybridized carbons (Fsp3) is 0.636. The summed E-state index contributed by atoms with van der Waals surface area (Å²) in [6.45, 7) is 3.19. The summed E-state index contributed by atoms with van der Waals surface area (Å²) in [7, 11) is 0. The van der Waals surface area contributed by atoms with E-state index in [2.05, 4.69) is 15.3 Å². The Morgan fingerprint density at radius 2 is 2.38 bits per heavy atom. The van der Waals surface area contributed by atoms with Gasteiger partial charge in [0.2, 0.25) is 5.91 Å². The van der Waals surface area contributed by atoms with Crippen molar-refractivity contribution in [3.63, 3.8) is 0 Å². The normalized spacial score (nSPS) is 17.3. The Balaban J connectivity index is 1.88. The van der Waals surface area contributed by atoms with Crippen molar-refractivity contribution in [3.8, 4) is 0 Å². The molecular weight excluding hydrogens is 206 g/mol. The standard InChI is InChI=1S/C11H17N3O2/c1-8(15)13-11-7-12-10(14-11)6-9-2-4-16-5-3-9/h7,9H,2-6H2,1H3,(H,12,14)(H,13,15). The number of nitrogens with one attached hydrogen (secondary N) is 2. The molecule has 0 saturated carbocycles. The molecule has 2 heterocycles. The Labute approximate surface area is 94.6 Å². The predicted molar refractivity (Wildman–Crippen MR) is 60.1 cm³/mol. The average Bonchev–Trinajstić information content (AvgIpc) is 2.66. The predicted octanol–water partition coefficient (Wildman–Crippen LogP) is 1.34. The topological polar surface area (TPSA) is 67.0 Å².